The molecule has 0 spiro atoms. The zero-order valence-electron chi connectivity index (χ0n) is 12.6. The van der Waals surface area contributed by atoms with Crippen LogP contribution < -0.4 is 5.32 Å². The molecule has 21 heavy (non-hydrogen) atoms. The number of hydrogen-bond acceptors (Lipinski definition) is 4. The molecule has 0 radical (unpaired) electrons. The van der Waals surface area contributed by atoms with Gasteiger partial charge in [-0.2, -0.15) is 0 Å². The minimum Gasteiger partial charge on any atom is -0.312 e. The molecule has 0 aliphatic rings. The lowest BCUT2D eigenvalue weighted by molar-refractivity contribution is 0.552. The van der Waals surface area contributed by atoms with E-state index in [-0.39, 0.29) is 0 Å². The van der Waals surface area contributed by atoms with Crippen LogP contribution in [0.3, 0.4) is 0 Å². The lowest BCUT2D eigenvalue weighted by atomic mass is 10.2. The highest BCUT2D eigenvalue weighted by atomic mass is 35.5. The minimum atomic E-state index is 0.636. The Labute approximate surface area is 135 Å². The van der Waals surface area contributed by atoms with Gasteiger partial charge in [-0.3, -0.25) is 0 Å². The summed E-state index contributed by atoms with van der Waals surface area (Å²) in [6.45, 7) is 8.14. The molecule has 1 aromatic carbocycles. The fourth-order valence-corrected chi connectivity index (χ4v) is 2.82. The Balaban J connectivity index is 1.99. The molecule has 0 saturated carbocycles. The van der Waals surface area contributed by atoms with E-state index in [4.69, 9.17) is 11.6 Å². The smallest absolute Gasteiger partial charge is 0.192 e. The number of hydrogen-bond donors (Lipinski definition) is 1. The van der Waals surface area contributed by atoms with Crippen molar-refractivity contribution in [1.82, 2.24) is 15.3 Å². The molecule has 2 aromatic rings. The summed E-state index contributed by atoms with van der Waals surface area (Å²) in [5, 5.41) is 4.92. The van der Waals surface area contributed by atoms with Gasteiger partial charge in [0.1, 0.15) is 0 Å². The molecule has 0 atom stereocenters. The third-order valence-electron chi connectivity index (χ3n) is 2.86. The third kappa shape index (κ3) is 5.30. The van der Waals surface area contributed by atoms with Crippen LogP contribution in [0.5, 0.6) is 0 Å². The van der Waals surface area contributed by atoms with Crippen LogP contribution in [0, 0.1) is 12.8 Å². The number of halogens is 1. The van der Waals surface area contributed by atoms with Crippen LogP contribution in [0.15, 0.2) is 40.6 Å². The first-order valence-corrected chi connectivity index (χ1v) is 8.19. The van der Waals surface area contributed by atoms with E-state index < -0.39 is 0 Å². The first-order valence-electron chi connectivity index (χ1n) is 7.00. The van der Waals surface area contributed by atoms with Crippen LogP contribution in [0.2, 0.25) is 5.02 Å². The monoisotopic (exact) mass is 321 g/mol. The van der Waals surface area contributed by atoms with E-state index >= 15 is 0 Å². The number of rotatable bonds is 6. The number of nitrogens with zero attached hydrogens (tertiary/aromatic N) is 2. The zero-order chi connectivity index (χ0) is 15.2. The van der Waals surface area contributed by atoms with Crippen LogP contribution in [-0.4, -0.2) is 16.5 Å². The molecule has 1 aromatic heterocycles. The molecular weight excluding hydrogens is 302 g/mol. The molecule has 3 nitrogen and oxygen atoms in total. The first-order chi connectivity index (χ1) is 10.0. The number of aromatic nitrogens is 2. The van der Waals surface area contributed by atoms with Gasteiger partial charge in [-0.15, -0.1) is 0 Å². The molecule has 0 aliphatic heterocycles. The Hall–Kier alpha value is -1.10. The Morgan fingerprint density at radius 3 is 2.57 bits per heavy atom. The van der Waals surface area contributed by atoms with Crippen LogP contribution in [0.4, 0.5) is 0 Å². The standard InChI is InChI=1S/C16H20ClN3S/c1-11(2)7-18-10-13-4-5-14(6-15(13)17)21-16-19-8-12(3)9-20-16/h4-6,8-9,11,18H,7,10H2,1-3H3. The maximum Gasteiger partial charge on any atom is 0.192 e. The molecule has 0 bridgehead atoms. The zero-order valence-corrected chi connectivity index (χ0v) is 14.1. The van der Waals surface area contributed by atoms with Crippen molar-refractivity contribution in [2.75, 3.05) is 6.54 Å². The normalized spacial score (nSPS) is 11.1. The summed E-state index contributed by atoms with van der Waals surface area (Å²) in [5.41, 5.74) is 2.18. The van der Waals surface area contributed by atoms with E-state index in [1.165, 1.54) is 11.8 Å². The first kappa shape index (κ1) is 16.3. The average Bonchev–Trinajstić information content (AvgIpc) is 2.43. The Morgan fingerprint density at radius 1 is 1.24 bits per heavy atom. The van der Waals surface area contributed by atoms with Gasteiger partial charge in [0.05, 0.1) is 0 Å². The predicted octanol–water partition coefficient (Wildman–Crippen LogP) is 4.34. The highest BCUT2D eigenvalue weighted by molar-refractivity contribution is 7.99. The predicted molar refractivity (Wildman–Crippen MR) is 88.9 cm³/mol. The molecule has 0 aliphatic carbocycles. The van der Waals surface area contributed by atoms with Crippen molar-refractivity contribution in [2.24, 2.45) is 5.92 Å². The highest BCUT2D eigenvalue weighted by Crippen LogP contribution is 2.28. The van der Waals surface area contributed by atoms with E-state index in [1.54, 1.807) is 0 Å². The summed E-state index contributed by atoms with van der Waals surface area (Å²) >= 11 is 7.86. The molecule has 0 unspecified atom stereocenters. The SMILES string of the molecule is Cc1cnc(Sc2ccc(CNCC(C)C)c(Cl)c2)nc1. The van der Waals surface area contributed by atoms with E-state index in [0.717, 1.165) is 39.3 Å². The van der Waals surface area contributed by atoms with Gasteiger partial charge in [-0.1, -0.05) is 31.5 Å². The number of aryl methyl sites for hydroxylation is 1. The Morgan fingerprint density at radius 2 is 1.95 bits per heavy atom. The molecule has 112 valence electrons. The van der Waals surface area contributed by atoms with Gasteiger partial charge >= 0.3 is 0 Å². The maximum atomic E-state index is 6.34. The molecule has 0 amide bonds. The average molecular weight is 322 g/mol. The van der Waals surface area contributed by atoms with Crippen molar-refractivity contribution < 1.29 is 0 Å². The second-order valence-electron chi connectivity index (χ2n) is 5.42. The van der Waals surface area contributed by atoms with Gasteiger partial charge in [0.2, 0.25) is 0 Å². The van der Waals surface area contributed by atoms with Crippen molar-refractivity contribution in [3.63, 3.8) is 0 Å². The Kier molecular flexibility index (Phi) is 6.03. The van der Waals surface area contributed by atoms with Crippen LogP contribution in [0.1, 0.15) is 25.0 Å². The summed E-state index contributed by atoms with van der Waals surface area (Å²) in [4.78, 5) is 9.63. The number of nitrogens with one attached hydrogen (secondary N) is 1. The van der Waals surface area contributed by atoms with E-state index in [9.17, 15) is 0 Å². The molecule has 5 heteroatoms. The summed E-state index contributed by atoms with van der Waals surface area (Å²) in [6, 6.07) is 6.10. The summed E-state index contributed by atoms with van der Waals surface area (Å²) in [5.74, 6) is 0.636. The molecule has 2 rings (SSSR count). The second-order valence-corrected chi connectivity index (χ2v) is 6.87. The van der Waals surface area contributed by atoms with Gasteiger partial charge in [-0.25, -0.2) is 9.97 Å². The summed E-state index contributed by atoms with van der Waals surface area (Å²) < 4.78 is 0. The van der Waals surface area contributed by atoms with E-state index in [1.807, 2.05) is 25.4 Å². The molecule has 1 N–H and O–H groups in total. The quantitative estimate of drug-likeness (QED) is 0.803. The van der Waals surface area contributed by atoms with Crippen molar-refractivity contribution in [1.29, 1.82) is 0 Å². The lowest BCUT2D eigenvalue weighted by Gasteiger charge is -2.10. The molecule has 0 saturated heterocycles. The van der Waals surface area contributed by atoms with Gasteiger partial charge in [0.15, 0.2) is 5.16 Å². The molecular formula is C16H20ClN3S. The Bertz CT molecular complexity index is 585. The van der Waals surface area contributed by atoms with Gasteiger partial charge in [0.25, 0.3) is 0 Å². The van der Waals surface area contributed by atoms with Crippen molar-refractivity contribution in [3.8, 4) is 0 Å². The van der Waals surface area contributed by atoms with Crippen molar-refractivity contribution in [2.45, 2.75) is 37.4 Å². The van der Waals surface area contributed by atoms with Gasteiger partial charge < -0.3 is 5.32 Å². The topological polar surface area (TPSA) is 37.8 Å². The van der Waals surface area contributed by atoms with Crippen molar-refractivity contribution in [3.05, 3.63) is 46.7 Å². The van der Waals surface area contributed by atoms with Crippen LogP contribution in [-0.2, 0) is 6.54 Å². The van der Waals surface area contributed by atoms with Crippen LogP contribution in [0.25, 0.3) is 0 Å². The van der Waals surface area contributed by atoms with Gasteiger partial charge in [0, 0.05) is 28.9 Å². The van der Waals surface area contributed by atoms with Crippen molar-refractivity contribution >= 4 is 23.4 Å². The van der Waals surface area contributed by atoms with E-state index in [0.29, 0.717) is 5.92 Å². The summed E-state index contributed by atoms with van der Waals surface area (Å²) in [7, 11) is 0. The fraction of sp³-hybridized carbons (Fsp3) is 0.375. The van der Waals surface area contributed by atoms with Crippen LogP contribution >= 0.6 is 23.4 Å². The minimum absolute atomic E-state index is 0.636. The molecule has 1 heterocycles. The highest BCUT2D eigenvalue weighted by Gasteiger charge is 2.05. The summed E-state index contributed by atoms with van der Waals surface area (Å²) in [6.07, 6.45) is 3.64. The molecule has 0 fully saturated rings. The number of benzene rings is 1. The fourth-order valence-electron chi connectivity index (χ4n) is 1.77. The second kappa shape index (κ2) is 7.78. The lowest BCUT2D eigenvalue weighted by Crippen LogP contribution is -2.19. The van der Waals surface area contributed by atoms with E-state index in [2.05, 4.69) is 41.3 Å². The largest absolute Gasteiger partial charge is 0.312 e. The maximum absolute atomic E-state index is 6.34. The van der Waals surface area contributed by atoms with Gasteiger partial charge in [-0.05, 0) is 54.4 Å². The third-order valence-corrected chi connectivity index (χ3v) is 4.09.